The summed E-state index contributed by atoms with van der Waals surface area (Å²) in [7, 11) is 0. The number of hydrogen-bond donors (Lipinski definition) is 2. The van der Waals surface area contributed by atoms with Crippen molar-refractivity contribution in [3.8, 4) is 0 Å². The lowest BCUT2D eigenvalue weighted by Gasteiger charge is -2.10. The van der Waals surface area contributed by atoms with E-state index in [1.165, 1.54) is 17.5 Å². The van der Waals surface area contributed by atoms with Gasteiger partial charge in [-0.3, -0.25) is 4.79 Å². The van der Waals surface area contributed by atoms with Gasteiger partial charge in [0.25, 0.3) is 5.91 Å². The number of fused-ring (bicyclic) bond motifs is 1. The standard InChI is InChI=1S/C17H17NO2/c19-11-15-4-1-2-7-16(15)18-17(20)14-9-8-12-5-3-6-13(12)10-14/h1-2,4,7-10,19H,3,5-6,11H2,(H,18,20). The van der Waals surface area contributed by atoms with Crippen LogP contribution in [0.25, 0.3) is 0 Å². The zero-order valence-corrected chi connectivity index (χ0v) is 11.2. The minimum absolute atomic E-state index is 0.0827. The molecule has 2 aromatic carbocycles. The zero-order valence-electron chi connectivity index (χ0n) is 11.2. The molecule has 0 radical (unpaired) electrons. The first-order chi connectivity index (χ1) is 9.78. The van der Waals surface area contributed by atoms with E-state index in [-0.39, 0.29) is 12.5 Å². The lowest BCUT2D eigenvalue weighted by Crippen LogP contribution is -2.13. The molecular weight excluding hydrogens is 250 g/mol. The third kappa shape index (κ3) is 2.45. The predicted molar refractivity (Wildman–Crippen MR) is 78.8 cm³/mol. The Morgan fingerprint density at radius 2 is 1.90 bits per heavy atom. The molecular formula is C17H17NO2. The largest absolute Gasteiger partial charge is 0.392 e. The maximum Gasteiger partial charge on any atom is 0.255 e. The maximum atomic E-state index is 12.3. The molecule has 0 aromatic heterocycles. The van der Waals surface area contributed by atoms with Crippen LogP contribution in [0.1, 0.15) is 33.5 Å². The van der Waals surface area contributed by atoms with Gasteiger partial charge in [-0.25, -0.2) is 0 Å². The molecule has 1 aliphatic carbocycles. The minimum Gasteiger partial charge on any atom is -0.392 e. The zero-order chi connectivity index (χ0) is 13.9. The Morgan fingerprint density at radius 1 is 1.10 bits per heavy atom. The third-order valence-corrected chi connectivity index (χ3v) is 3.80. The molecule has 102 valence electrons. The average Bonchev–Trinajstić information content (AvgIpc) is 2.95. The monoisotopic (exact) mass is 267 g/mol. The van der Waals surface area contributed by atoms with Crippen molar-refractivity contribution >= 4 is 11.6 Å². The van der Waals surface area contributed by atoms with E-state index in [4.69, 9.17) is 0 Å². The lowest BCUT2D eigenvalue weighted by molar-refractivity contribution is 0.102. The molecule has 2 N–H and O–H groups in total. The van der Waals surface area contributed by atoms with Gasteiger partial charge in [0.05, 0.1) is 6.61 Å². The van der Waals surface area contributed by atoms with Crippen LogP contribution in [0, 0.1) is 0 Å². The van der Waals surface area contributed by atoms with Gasteiger partial charge in [-0.2, -0.15) is 0 Å². The number of amides is 1. The van der Waals surface area contributed by atoms with Crippen LogP contribution in [-0.4, -0.2) is 11.0 Å². The molecule has 2 aromatic rings. The second-order valence-corrected chi connectivity index (χ2v) is 5.11. The Balaban J connectivity index is 1.83. The number of aliphatic hydroxyl groups is 1. The summed E-state index contributed by atoms with van der Waals surface area (Å²) >= 11 is 0. The number of rotatable bonds is 3. The smallest absolute Gasteiger partial charge is 0.255 e. The van der Waals surface area contributed by atoms with E-state index >= 15 is 0 Å². The molecule has 0 unspecified atom stereocenters. The van der Waals surface area contributed by atoms with Gasteiger partial charge >= 0.3 is 0 Å². The van der Waals surface area contributed by atoms with Crippen molar-refractivity contribution in [2.45, 2.75) is 25.9 Å². The van der Waals surface area contributed by atoms with Crippen molar-refractivity contribution in [1.82, 2.24) is 0 Å². The van der Waals surface area contributed by atoms with Gasteiger partial charge in [0, 0.05) is 16.8 Å². The van der Waals surface area contributed by atoms with E-state index in [1.807, 2.05) is 24.3 Å². The minimum atomic E-state index is -0.124. The van der Waals surface area contributed by atoms with E-state index in [2.05, 4.69) is 11.4 Å². The van der Waals surface area contributed by atoms with Crippen molar-refractivity contribution in [1.29, 1.82) is 0 Å². The summed E-state index contributed by atoms with van der Waals surface area (Å²) < 4.78 is 0. The SMILES string of the molecule is O=C(Nc1ccccc1CO)c1ccc2c(c1)CCC2. The third-order valence-electron chi connectivity index (χ3n) is 3.80. The number of carbonyl (C=O) groups is 1. The number of hydrogen-bond acceptors (Lipinski definition) is 2. The molecule has 20 heavy (non-hydrogen) atoms. The Morgan fingerprint density at radius 3 is 2.75 bits per heavy atom. The Labute approximate surface area is 118 Å². The van der Waals surface area contributed by atoms with Crippen LogP contribution >= 0.6 is 0 Å². The number of para-hydroxylation sites is 1. The van der Waals surface area contributed by atoms with Crippen molar-refractivity contribution in [3.05, 3.63) is 64.7 Å². The van der Waals surface area contributed by atoms with Crippen LogP contribution in [0.2, 0.25) is 0 Å². The molecule has 3 rings (SSSR count). The van der Waals surface area contributed by atoms with Gasteiger partial charge in [-0.15, -0.1) is 0 Å². The summed E-state index contributed by atoms with van der Waals surface area (Å²) in [6.07, 6.45) is 3.35. The number of anilines is 1. The first-order valence-corrected chi connectivity index (χ1v) is 6.90. The summed E-state index contributed by atoms with van der Waals surface area (Å²) in [5.41, 5.74) is 4.71. The summed E-state index contributed by atoms with van der Waals surface area (Å²) in [6.45, 7) is -0.0827. The molecule has 1 amide bonds. The lowest BCUT2D eigenvalue weighted by atomic mass is 10.1. The fraction of sp³-hybridized carbons (Fsp3) is 0.235. The summed E-state index contributed by atoms with van der Waals surface area (Å²) in [5.74, 6) is -0.124. The molecule has 0 heterocycles. The van der Waals surface area contributed by atoms with Gasteiger partial charge in [-0.05, 0) is 48.6 Å². The topological polar surface area (TPSA) is 49.3 Å². The molecule has 0 fully saturated rings. The van der Waals surface area contributed by atoms with E-state index in [9.17, 15) is 9.90 Å². The van der Waals surface area contributed by atoms with E-state index in [1.54, 1.807) is 12.1 Å². The highest BCUT2D eigenvalue weighted by Gasteiger charge is 2.14. The molecule has 0 aliphatic heterocycles. The molecule has 0 bridgehead atoms. The summed E-state index contributed by atoms with van der Waals surface area (Å²) in [5, 5.41) is 12.1. The average molecular weight is 267 g/mol. The van der Waals surface area contributed by atoms with Gasteiger partial charge in [-0.1, -0.05) is 24.3 Å². The second-order valence-electron chi connectivity index (χ2n) is 5.11. The number of aliphatic hydroxyl groups excluding tert-OH is 1. The van der Waals surface area contributed by atoms with Gasteiger partial charge in [0.1, 0.15) is 0 Å². The number of aryl methyl sites for hydroxylation is 2. The van der Waals surface area contributed by atoms with Crippen LogP contribution in [0.5, 0.6) is 0 Å². The van der Waals surface area contributed by atoms with Crippen LogP contribution in [0.3, 0.4) is 0 Å². The first kappa shape index (κ1) is 12.9. The molecule has 3 nitrogen and oxygen atoms in total. The number of benzene rings is 2. The van der Waals surface area contributed by atoms with Crippen molar-refractivity contribution in [3.63, 3.8) is 0 Å². The highest BCUT2D eigenvalue weighted by atomic mass is 16.3. The molecule has 0 spiro atoms. The van der Waals surface area contributed by atoms with Gasteiger partial charge in [0.2, 0.25) is 0 Å². The number of nitrogens with one attached hydrogen (secondary N) is 1. The van der Waals surface area contributed by atoms with Gasteiger partial charge < -0.3 is 10.4 Å². The van der Waals surface area contributed by atoms with Crippen LogP contribution in [-0.2, 0) is 19.4 Å². The molecule has 3 heteroatoms. The fourth-order valence-electron chi connectivity index (χ4n) is 2.69. The molecule has 0 saturated heterocycles. The summed E-state index contributed by atoms with van der Waals surface area (Å²) in [4.78, 5) is 12.3. The highest BCUT2D eigenvalue weighted by Crippen LogP contribution is 2.23. The van der Waals surface area contributed by atoms with Crippen molar-refractivity contribution in [2.24, 2.45) is 0 Å². The first-order valence-electron chi connectivity index (χ1n) is 6.90. The number of carbonyl (C=O) groups excluding carboxylic acids is 1. The van der Waals surface area contributed by atoms with Crippen LogP contribution in [0.4, 0.5) is 5.69 Å². The molecule has 1 aliphatic rings. The second kappa shape index (κ2) is 5.47. The normalized spacial score (nSPS) is 13.1. The Bertz CT molecular complexity index is 649. The fourth-order valence-corrected chi connectivity index (χ4v) is 2.69. The predicted octanol–water partition coefficient (Wildman–Crippen LogP) is 2.92. The van der Waals surface area contributed by atoms with Crippen molar-refractivity contribution < 1.29 is 9.90 Å². The molecule has 0 atom stereocenters. The van der Waals surface area contributed by atoms with E-state index < -0.39 is 0 Å². The quantitative estimate of drug-likeness (QED) is 0.898. The molecule has 0 saturated carbocycles. The van der Waals surface area contributed by atoms with E-state index in [0.717, 1.165) is 18.4 Å². The van der Waals surface area contributed by atoms with Gasteiger partial charge in [0.15, 0.2) is 0 Å². The maximum absolute atomic E-state index is 12.3. The van der Waals surface area contributed by atoms with Crippen LogP contribution < -0.4 is 5.32 Å². The Hall–Kier alpha value is -2.13. The summed E-state index contributed by atoms with van der Waals surface area (Å²) in [6, 6.07) is 13.2. The highest BCUT2D eigenvalue weighted by molar-refractivity contribution is 6.04. The van der Waals surface area contributed by atoms with Crippen molar-refractivity contribution in [2.75, 3.05) is 5.32 Å². The van der Waals surface area contributed by atoms with Crippen LogP contribution in [0.15, 0.2) is 42.5 Å². The Kier molecular flexibility index (Phi) is 3.52. The van der Waals surface area contributed by atoms with E-state index in [0.29, 0.717) is 11.3 Å².